The maximum absolute atomic E-state index is 6.64. The molecule has 1 fully saturated rings. The van der Waals surface area contributed by atoms with Crippen molar-refractivity contribution in [2.75, 3.05) is 26.2 Å². The Labute approximate surface area is 242 Å². The summed E-state index contributed by atoms with van der Waals surface area (Å²) in [6.45, 7) is 18.7. The van der Waals surface area contributed by atoms with Crippen LogP contribution in [0, 0.1) is 0 Å². The largest absolute Gasteiger partial charge is 1.00 e. The number of rotatable bonds is 5. The van der Waals surface area contributed by atoms with Gasteiger partial charge in [-0.15, -0.1) is 5.52 Å². The zero-order chi connectivity index (χ0) is 24.9. The number of benzene rings is 2. The minimum atomic E-state index is 0. The van der Waals surface area contributed by atoms with Crippen molar-refractivity contribution in [2.24, 2.45) is 0 Å². The summed E-state index contributed by atoms with van der Waals surface area (Å²) in [6.07, 6.45) is 4.46. The maximum atomic E-state index is 6.64. The van der Waals surface area contributed by atoms with Crippen molar-refractivity contribution in [3.05, 3.63) is 84.2 Å². The summed E-state index contributed by atoms with van der Waals surface area (Å²) in [6, 6.07) is 16.4. The fraction of sp³-hybridized carbons (Fsp3) is 0.300. The van der Waals surface area contributed by atoms with Crippen LogP contribution in [0.15, 0.2) is 73.6 Å². The van der Waals surface area contributed by atoms with Gasteiger partial charge in [-0.05, 0) is 36.1 Å². The molecule has 0 N–H and O–H groups in total. The average Bonchev–Trinajstić information content (AvgIpc) is 3.36. The van der Waals surface area contributed by atoms with Gasteiger partial charge < -0.3 is 14.8 Å². The molecule has 0 aliphatic carbocycles. The Morgan fingerprint density at radius 2 is 1.64 bits per heavy atom. The van der Waals surface area contributed by atoms with E-state index in [-0.39, 0.29) is 29.6 Å². The smallest absolute Gasteiger partial charge is 0.664 e. The molecule has 182 valence electrons. The summed E-state index contributed by atoms with van der Waals surface area (Å²) < 4.78 is 0. The fourth-order valence-corrected chi connectivity index (χ4v) is 4.48. The van der Waals surface area contributed by atoms with Crippen molar-refractivity contribution >= 4 is 39.1 Å². The molecule has 6 heteroatoms. The molecule has 0 amide bonds. The Morgan fingerprint density at radius 1 is 0.944 bits per heavy atom. The van der Waals surface area contributed by atoms with Gasteiger partial charge in [0.2, 0.25) is 0 Å². The van der Waals surface area contributed by atoms with Crippen molar-refractivity contribution in [1.82, 2.24) is 19.8 Å². The maximum Gasteiger partial charge on any atom is 1.00 e. The van der Waals surface area contributed by atoms with Gasteiger partial charge >= 0.3 is 29.6 Å². The molecule has 3 heterocycles. The van der Waals surface area contributed by atoms with Gasteiger partial charge in [0, 0.05) is 48.5 Å². The van der Waals surface area contributed by atoms with E-state index in [9.17, 15) is 0 Å². The first-order valence-corrected chi connectivity index (χ1v) is 12.8. The third-order valence-corrected chi connectivity index (χ3v) is 6.90. The minimum absolute atomic E-state index is 0. The van der Waals surface area contributed by atoms with Crippen molar-refractivity contribution in [3.63, 3.8) is 0 Å². The van der Waals surface area contributed by atoms with Crippen LogP contribution in [0.1, 0.15) is 39.2 Å². The molecule has 2 aromatic heterocycles. The Kier molecular flexibility index (Phi) is 10.1. The number of fused-ring (bicyclic) bond motifs is 2. The van der Waals surface area contributed by atoms with Crippen LogP contribution in [0.3, 0.4) is 0 Å². The summed E-state index contributed by atoms with van der Waals surface area (Å²) in [4.78, 5) is 13.9. The Bertz CT molecular complexity index is 1350. The van der Waals surface area contributed by atoms with E-state index in [4.69, 9.17) is 16.6 Å². The molecule has 36 heavy (non-hydrogen) atoms. The number of unbranched alkanes of at least 4 members (excludes halogenated alkanes) is 1. The molecule has 0 spiro atoms. The predicted molar refractivity (Wildman–Crippen MR) is 151 cm³/mol. The van der Waals surface area contributed by atoms with E-state index >= 15 is 0 Å². The van der Waals surface area contributed by atoms with E-state index in [0.717, 1.165) is 76.2 Å². The summed E-state index contributed by atoms with van der Waals surface area (Å²) in [5, 5.41) is 2.75. The fourth-order valence-electron chi connectivity index (χ4n) is 4.22. The molecule has 0 atom stereocenters. The van der Waals surface area contributed by atoms with Crippen molar-refractivity contribution < 1.29 is 29.6 Å². The van der Waals surface area contributed by atoms with Crippen LogP contribution in [0.25, 0.3) is 38.8 Å². The molecule has 0 bridgehead atoms. The molecule has 1 aliphatic heterocycles. The number of pyridine rings is 1. The molecular weight excluding hydrogens is 475 g/mol. The first-order valence-electron chi connectivity index (χ1n) is 12.4. The van der Waals surface area contributed by atoms with Gasteiger partial charge in [-0.25, -0.2) is 4.98 Å². The minimum Gasteiger partial charge on any atom is -0.664 e. The van der Waals surface area contributed by atoms with Crippen LogP contribution < -0.4 is 34.5 Å². The van der Waals surface area contributed by atoms with E-state index in [1.165, 1.54) is 12.8 Å². The van der Waals surface area contributed by atoms with E-state index < -0.39 is 0 Å². The molecule has 4 aromatic rings. The van der Waals surface area contributed by atoms with Gasteiger partial charge in [0.1, 0.15) is 0 Å². The van der Waals surface area contributed by atoms with Gasteiger partial charge in [-0.2, -0.15) is 6.20 Å². The van der Waals surface area contributed by atoms with Crippen LogP contribution in [0.5, 0.6) is 0 Å². The summed E-state index contributed by atoms with van der Waals surface area (Å²) >= 11 is 6.64. The summed E-state index contributed by atoms with van der Waals surface area (Å²) in [5.74, 6) is 0. The zero-order valence-electron chi connectivity index (χ0n) is 22.0. The summed E-state index contributed by atoms with van der Waals surface area (Å²) in [7, 11) is 0. The Balaban J connectivity index is 0.000000674. The van der Waals surface area contributed by atoms with Gasteiger partial charge in [-0.1, -0.05) is 81.8 Å². The Hall–Kier alpha value is -2.24. The third-order valence-electron chi connectivity index (χ3n) is 6.58. The second kappa shape index (κ2) is 12.8. The van der Waals surface area contributed by atoms with Crippen LogP contribution >= 0.6 is 11.6 Å². The number of hydrogen-bond acceptors (Lipinski definition) is 3. The number of piperazine rings is 1. The van der Waals surface area contributed by atoms with E-state index in [1.807, 2.05) is 36.5 Å². The SMILES string of the molecule is C=C(C)N1CCN(C(=C)c2ccc3c(Cl)cc(-c4ccc5[n-]ccc5c4)nc3c2)CC1.CCCC.[Na+]. The van der Waals surface area contributed by atoms with Crippen molar-refractivity contribution in [3.8, 4) is 11.3 Å². The van der Waals surface area contributed by atoms with Crippen LogP contribution in [0.4, 0.5) is 0 Å². The normalized spacial score (nSPS) is 13.2. The summed E-state index contributed by atoms with van der Waals surface area (Å²) in [5.41, 5.74) is 6.98. The van der Waals surface area contributed by atoms with Crippen LogP contribution in [-0.2, 0) is 0 Å². The van der Waals surface area contributed by atoms with Crippen LogP contribution in [0.2, 0.25) is 5.02 Å². The topological polar surface area (TPSA) is 33.5 Å². The standard InChI is InChI=1S/C26H24ClN4.C4H10.Na/c1-17(2)30-10-12-31(13-11-30)18(3)19-4-6-22-23(27)16-25(29-26(22)15-19)20-5-7-24-21(14-20)8-9-28-24;1-3-4-2;/h4-9,14-16H,1,3,10-13H2,2H3;3-4H2,1-2H3;/q-1;;+1. The van der Waals surface area contributed by atoms with Gasteiger partial charge in [0.15, 0.2) is 0 Å². The average molecular weight is 509 g/mol. The Morgan fingerprint density at radius 3 is 2.31 bits per heavy atom. The molecule has 0 radical (unpaired) electrons. The zero-order valence-corrected chi connectivity index (χ0v) is 24.8. The van der Waals surface area contributed by atoms with E-state index in [0.29, 0.717) is 5.02 Å². The van der Waals surface area contributed by atoms with E-state index in [1.54, 1.807) is 0 Å². The second-order valence-electron chi connectivity index (χ2n) is 9.10. The molecule has 0 saturated carbocycles. The number of hydrogen-bond donors (Lipinski definition) is 0. The molecule has 2 aromatic carbocycles. The quantitative estimate of drug-likeness (QED) is 0.369. The number of allylic oxidation sites excluding steroid dienone is 1. The number of aromatic nitrogens is 2. The molecular formula is C30H34ClN4Na. The predicted octanol–water partition coefficient (Wildman–Crippen LogP) is 4.60. The number of halogens is 1. The molecule has 1 saturated heterocycles. The number of nitrogens with zero attached hydrogens (tertiary/aromatic N) is 4. The van der Waals surface area contributed by atoms with Crippen molar-refractivity contribution in [1.29, 1.82) is 0 Å². The first kappa shape index (κ1) is 28.3. The van der Waals surface area contributed by atoms with Gasteiger partial charge in [0.05, 0.1) is 16.2 Å². The molecule has 1 aliphatic rings. The molecule has 4 nitrogen and oxygen atoms in total. The third kappa shape index (κ3) is 6.36. The molecule has 0 unspecified atom stereocenters. The van der Waals surface area contributed by atoms with Crippen molar-refractivity contribution in [2.45, 2.75) is 33.6 Å². The van der Waals surface area contributed by atoms with Gasteiger partial charge in [0.25, 0.3) is 0 Å². The second-order valence-corrected chi connectivity index (χ2v) is 9.50. The van der Waals surface area contributed by atoms with Crippen LogP contribution in [-0.4, -0.2) is 41.0 Å². The molecule has 5 rings (SSSR count). The van der Waals surface area contributed by atoms with E-state index in [2.05, 4.69) is 66.9 Å². The monoisotopic (exact) mass is 508 g/mol. The van der Waals surface area contributed by atoms with Gasteiger partial charge in [-0.3, -0.25) is 0 Å². The first-order chi connectivity index (χ1) is 16.9.